The molecule has 1 aromatic carbocycles. The first-order valence-electron chi connectivity index (χ1n) is 11.9. The lowest BCUT2D eigenvalue weighted by Crippen LogP contribution is -2.71. The summed E-state index contributed by atoms with van der Waals surface area (Å²) < 4.78 is 1.76. The number of carbonyl (C=O) groups excluding carboxylic acids is 2. The fraction of sp³-hybridized carbons (Fsp3) is 0.292. The number of rotatable bonds is 9. The molecule has 0 saturated carbocycles. The van der Waals surface area contributed by atoms with Gasteiger partial charge in [-0.1, -0.05) is 18.2 Å². The number of thioether (sulfide) groups is 2. The van der Waals surface area contributed by atoms with E-state index in [4.69, 9.17) is 10.8 Å². The third-order valence-electron chi connectivity index (χ3n) is 6.41. The van der Waals surface area contributed by atoms with Crippen LogP contribution >= 0.6 is 23.5 Å². The topological polar surface area (TPSA) is 193 Å². The highest BCUT2D eigenvalue weighted by molar-refractivity contribution is 8.01. The number of carboxylic acids is 2. The normalized spacial score (nSPS) is 18.4. The first-order chi connectivity index (χ1) is 19.1. The maximum absolute atomic E-state index is 13.4. The first kappa shape index (κ1) is 27.4. The largest absolute Gasteiger partial charge is 0.480 e. The van der Waals surface area contributed by atoms with Gasteiger partial charge in [0, 0.05) is 30.7 Å². The van der Waals surface area contributed by atoms with Crippen molar-refractivity contribution in [2.45, 2.75) is 36.5 Å². The summed E-state index contributed by atoms with van der Waals surface area (Å²) in [7, 11) is 0. The van der Waals surface area contributed by atoms with Crippen LogP contribution in [-0.2, 0) is 32.3 Å². The van der Waals surface area contributed by atoms with E-state index in [1.807, 2.05) is 0 Å². The number of aliphatic carboxylic acids is 2. The lowest BCUT2D eigenvalue weighted by molar-refractivity contribution is -0.149. The van der Waals surface area contributed by atoms with Gasteiger partial charge in [-0.3, -0.25) is 24.2 Å². The predicted molar refractivity (Wildman–Crippen MR) is 145 cm³/mol. The minimum absolute atomic E-state index is 0.138. The zero-order chi connectivity index (χ0) is 28.7. The summed E-state index contributed by atoms with van der Waals surface area (Å²) in [5.41, 5.74) is 6.86. The minimum Gasteiger partial charge on any atom is -0.480 e. The van der Waals surface area contributed by atoms with Gasteiger partial charge in [0.2, 0.25) is 5.91 Å². The Balaban J connectivity index is 1.39. The number of nitrogens with zero attached hydrogens (tertiary/aromatic N) is 6. The van der Waals surface area contributed by atoms with E-state index in [0.29, 0.717) is 27.6 Å². The number of nitrogens with two attached hydrogens (primary N) is 1. The highest BCUT2D eigenvalue weighted by atomic mass is 32.2. The van der Waals surface area contributed by atoms with Crippen LogP contribution in [0.1, 0.15) is 12.5 Å². The maximum atomic E-state index is 13.4. The molecule has 14 nitrogen and oxygen atoms in total. The van der Waals surface area contributed by atoms with E-state index < -0.39 is 41.5 Å². The number of anilines is 1. The Labute approximate surface area is 234 Å². The zero-order valence-electron chi connectivity index (χ0n) is 21.0. The van der Waals surface area contributed by atoms with Crippen LogP contribution in [0.25, 0.3) is 5.65 Å². The number of carbonyl (C=O) groups is 4. The van der Waals surface area contributed by atoms with Crippen LogP contribution in [0.3, 0.4) is 0 Å². The van der Waals surface area contributed by atoms with Crippen molar-refractivity contribution in [3.8, 4) is 0 Å². The molecule has 0 radical (unpaired) electrons. The van der Waals surface area contributed by atoms with Crippen molar-refractivity contribution in [1.82, 2.24) is 24.3 Å². The fourth-order valence-electron chi connectivity index (χ4n) is 4.67. The second-order valence-electron chi connectivity index (χ2n) is 8.90. The number of β-lactam (4-membered cyclic amide) rings is 1. The van der Waals surface area contributed by atoms with Gasteiger partial charge in [-0.05, 0) is 29.3 Å². The third-order valence-corrected chi connectivity index (χ3v) is 8.74. The molecule has 2 aliphatic heterocycles. The van der Waals surface area contributed by atoms with Crippen molar-refractivity contribution in [1.29, 1.82) is 0 Å². The van der Waals surface area contributed by atoms with Gasteiger partial charge in [0.05, 0.1) is 0 Å². The van der Waals surface area contributed by atoms with Crippen molar-refractivity contribution in [3.05, 3.63) is 63.7 Å². The lowest BCUT2D eigenvalue weighted by Gasteiger charge is -2.52. The molecule has 2 amide bonds. The summed E-state index contributed by atoms with van der Waals surface area (Å²) in [5.74, 6) is -2.89. The summed E-state index contributed by atoms with van der Waals surface area (Å²) >= 11 is 2.52. The number of carboxylic acid groups (broad SMARTS) is 2. The molecule has 4 N–H and O–H groups in total. The molecule has 1 unspecified atom stereocenters. The smallest absolute Gasteiger partial charge is 0.367 e. The number of hydrogen-bond acceptors (Lipinski definition) is 10. The molecule has 2 aliphatic rings. The van der Waals surface area contributed by atoms with E-state index in [2.05, 4.69) is 10.2 Å². The van der Waals surface area contributed by atoms with E-state index in [0.717, 1.165) is 21.0 Å². The molecule has 3 aromatic rings. The number of fused-ring (bicyclic) bond motifs is 2. The van der Waals surface area contributed by atoms with Crippen LogP contribution in [0.5, 0.6) is 0 Å². The van der Waals surface area contributed by atoms with Crippen LogP contribution in [0, 0.1) is 0 Å². The Bertz CT molecular complexity index is 1650. The molecule has 2 atom stereocenters. The number of para-hydroxylation sites is 1. The van der Waals surface area contributed by atoms with Gasteiger partial charge in [-0.25, -0.2) is 9.59 Å². The molecule has 0 aliphatic carbocycles. The Kier molecular flexibility index (Phi) is 7.39. The van der Waals surface area contributed by atoms with Crippen LogP contribution < -0.4 is 16.3 Å². The van der Waals surface area contributed by atoms with E-state index in [9.17, 15) is 29.1 Å². The van der Waals surface area contributed by atoms with E-state index in [-0.39, 0.29) is 29.5 Å². The van der Waals surface area contributed by atoms with Gasteiger partial charge in [-0.15, -0.1) is 28.6 Å². The summed E-state index contributed by atoms with van der Waals surface area (Å²) in [5, 5.41) is 26.9. The van der Waals surface area contributed by atoms with Crippen LogP contribution in [-0.4, -0.2) is 81.2 Å². The molecule has 1 fully saturated rings. The third kappa shape index (κ3) is 4.73. The summed E-state index contributed by atoms with van der Waals surface area (Å²) in [6, 6.07) is 9.23. The molecular weight excluding hydrogens is 562 g/mol. The second kappa shape index (κ2) is 10.8. The molecule has 5 rings (SSSR count). The molecule has 40 heavy (non-hydrogen) atoms. The van der Waals surface area contributed by atoms with E-state index in [1.165, 1.54) is 34.6 Å². The van der Waals surface area contributed by atoms with Gasteiger partial charge >= 0.3 is 17.6 Å². The molecule has 208 valence electrons. The monoisotopic (exact) mass is 585 g/mol. The van der Waals surface area contributed by atoms with Gasteiger partial charge in [0.15, 0.2) is 5.65 Å². The minimum atomic E-state index is -1.26. The second-order valence-corrected chi connectivity index (χ2v) is 11.0. The van der Waals surface area contributed by atoms with Crippen molar-refractivity contribution in [2.75, 3.05) is 16.4 Å². The number of hydrogen-bond donors (Lipinski definition) is 3. The SMILES string of the molecule is CC(=O)N(c1ccccc1CN)C1C(=O)N2C(C(=O)O)=C(CSc3ccc4nn(CC(=O)O)c(=O)n4n3)CS[C@@H]12. The average molecular weight is 586 g/mol. The van der Waals surface area contributed by atoms with Crippen molar-refractivity contribution in [2.24, 2.45) is 5.73 Å². The fourth-order valence-corrected chi connectivity index (χ4v) is 7.06. The van der Waals surface area contributed by atoms with Gasteiger partial charge < -0.3 is 15.9 Å². The molecule has 1 saturated heterocycles. The van der Waals surface area contributed by atoms with Crippen LogP contribution in [0.2, 0.25) is 0 Å². The van der Waals surface area contributed by atoms with Crippen molar-refractivity contribution in [3.63, 3.8) is 0 Å². The van der Waals surface area contributed by atoms with Crippen LogP contribution in [0.4, 0.5) is 5.69 Å². The lowest BCUT2D eigenvalue weighted by atomic mass is 9.99. The summed E-state index contributed by atoms with van der Waals surface area (Å²) in [4.78, 5) is 64.4. The number of aromatic nitrogens is 4. The van der Waals surface area contributed by atoms with Gasteiger partial charge in [0.1, 0.15) is 28.7 Å². The Morgan fingerprint density at radius 1 is 1.15 bits per heavy atom. The Morgan fingerprint density at radius 2 is 1.90 bits per heavy atom. The Hall–Kier alpha value is -4.15. The van der Waals surface area contributed by atoms with E-state index in [1.54, 1.807) is 30.3 Å². The number of amides is 2. The molecule has 0 bridgehead atoms. The van der Waals surface area contributed by atoms with Gasteiger partial charge in [-0.2, -0.15) is 14.3 Å². The summed E-state index contributed by atoms with van der Waals surface area (Å²) in [6.07, 6.45) is 0. The van der Waals surface area contributed by atoms with Gasteiger partial charge in [0.25, 0.3) is 5.91 Å². The molecule has 2 aromatic heterocycles. The molecule has 4 heterocycles. The average Bonchev–Trinajstić information content (AvgIpc) is 3.23. The quantitative estimate of drug-likeness (QED) is 0.228. The molecule has 0 spiro atoms. The van der Waals surface area contributed by atoms with E-state index >= 15 is 0 Å². The van der Waals surface area contributed by atoms with Crippen molar-refractivity contribution >= 4 is 58.6 Å². The van der Waals surface area contributed by atoms with Crippen molar-refractivity contribution < 1.29 is 29.4 Å². The standard InChI is InChI=1S/C24H23N7O7S2/c1-12(32)29(15-5-3-2-4-13(15)8-25)20-21(35)30-19(23(36)37)14(11-40-22(20)30)10-39-17-7-6-16-26-28(9-18(33)34)24(38)31(16)27-17/h2-7,20,22H,8-11,25H2,1H3,(H,33,34)(H,36,37)/t20?,22-/m0/s1. The highest BCUT2D eigenvalue weighted by Crippen LogP contribution is 2.44. The predicted octanol–water partition coefficient (Wildman–Crippen LogP) is 0.202. The number of benzene rings is 1. The van der Waals surface area contributed by atoms with Crippen LogP contribution in [0.15, 0.2) is 57.5 Å². The zero-order valence-corrected chi connectivity index (χ0v) is 22.6. The summed E-state index contributed by atoms with van der Waals surface area (Å²) in [6.45, 7) is 0.908. The first-order valence-corrected chi connectivity index (χ1v) is 13.9. The molecular formula is C24H23N7O7S2. The highest BCUT2D eigenvalue weighted by Gasteiger charge is 2.57. The Morgan fingerprint density at radius 3 is 2.58 bits per heavy atom. The molecule has 16 heteroatoms. The maximum Gasteiger partial charge on any atom is 0.367 e.